The van der Waals surface area contributed by atoms with Gasteiger partial charge in [0.05, 0.1) is 16.6 Å². The lowest BCUT2D eigenvalue weighted by molar-refractivity contribution is -0.306. The van der Waals surface area contributed by atoms with Crippen molar-refractivity contribution in [2.24, 2.45) is 10.3 Å². The molecule has 8 nitrogen and oxygen atoms in total. The third kappa shape index (κ3) is 4.13. The number of rotatable bonds is 5. The monoisotopic (exact) mass is 383 g/mol. The fourth-order valence-electron chi connectivity index (χ4n) is 2.79. The van der Waals surface area contributed by atoms with Crippen LogP contribution in [0.4, 0.5) is 5.69 Å². The van der Waals surface area contributed by atoms with Crippen molar-refractivity contribution in [3.8, 4) is 0 Å². The van der Waals surface area contributed by atoms with E-state index in [1.54, 1.807) is 12.1 Å². The summed E-state index contributed by atoms with van der Waals surface area (Å²) in [4.78, 5) is 11.1. The molecule has 10 heteroatoms. The summed E-state index contributed by atoms with van der Waals surface area (Å²) >= 11 is 1.05. The van der Waals surface area contributed by atoms with Gasteiger partial charge in [-0.3, -0.25) is 5.01 Å². The smallest absolute Gasteiger partial charge is 0.244 e. The molecule has 2 aliphatic rings. The highest BCUT2D eigenvalue weighted by atomic mass is 32.2. The number of carbonyl (C=O) groups is 1. The molecule has 136 valence electrons. The van der Waals surface area contributed by atoms with Gasteiger partial charge in [-0.15, -0.1) is 16.9 Å². The molecule has 0 aliphatic carbocycles. The molecule has 0 N–H and O–H groups in total. The highest BCUT2D eigenvalue weighted by molar-refractivity contribution is 8.02. The Labute approximate surface area is 150 Å². The first kappa shape index (κ1) is 18.2. The lowest BCUT2D eigenvalue weighted by atomic mass is 10.2. The van der Waals surface area contributed by atoms with Crippen LogP contribution in [0.15, 0.2) is 39.5 Å². The summed E-state index contributed by atoms with van der Waals surface area (Å²) in [5.41, 5.74) is 0.553. The molecule has 0 bridgehead atoms. The van der Waals surface area contributed by atoms with Gasteiger partial charge >= 0.3 is 0 Å². The van der Waals surface area contributed by atoms with E-state index in [4.69, 9.17) is 0 Å². The fourth-order valence-corrected chi connectivity index (χ4v) is 5.78. The number of nitrogens with zero attached hydrogens (tertiary/aromatic N) is 4. The number of hydrogen-bond acceptors (Lipinski definition) is 7. The summed E-state index contributed by atoms with van der Waals surface area (Å²) in [6.45, 7) is 1.92. The van der Waals surface area contributed by atoms with E-state index in [9.17, 15) is 18.3 Å². The maximum Gasteiger partial charge on any atom is 0.244 e. The van der Waals surface area contributed by atoms with Crippen molar-refractivity contribution in [1.82, 2.24) is 9.31 Å². The van der Waals surface area contributed by atoms with Gasteiger partial charge in [0, 0.05) is 25.4 Å². The van der Waals surface area contributed by atoms with Crippen LogP contribution in [-0.4, -0.2) is 54.5 Å². The number of carboxylic acids is 1. The van der Waals surface area contributed by atoms with Crippen LogP contribution in [0.3, 0.4) is 0 Å². The van der Waals surface area contributed by atoms with E-state index in [-0.39, 0.29) is 11.4 Å². The number of aliphatic carboxylic acids is 1. The van der Waals surface area contributed by atoms with Gasteiger partial charge in [0.2, 0.25) is 10.0 Å². The minimum atomic E-state index is -3.88. The van der Waals surface area contributed by atoms with Crippen molar-refractivity contribution in [3.05, 3.63) is 24.3 Å². The van der Waals surface area contributed by atoms with E-state index in [0.717, 1.165) is 42.0 Å². The first-order valence-corrected chi connectivity index (χ1v) is 10.6. The van der Waals surface area contributed by atoms with E-state index in [2.05, 4.69) is 10.3 Å². The lowest BCUT2D eigenvalue weighted by Crippen LogP contribution is -2.45. The molecule has 0 radical (unpaired) electrons. The minimum absolute atomic E-state index is 0.0400. The number of hydrogen-bond donors (Lipinski definition) is 0. The van der Waals surface area contributed by atoms with Crippen LogP contribution in [0, 0.1) is 0 Å². The molecule has 0 unspecified atom stereocenters. The molecule has 0 aromatic heterocycles. The van der Waals surface area contributed by atoms with Crippen molar-refractivity contribution >= 4 is 33.4 Å². The van der Waals surface area contributed by atoms with E-state index in [1.165, 1.54) is 18.6 Å². The second-order valence-electron chi connectivity index (χ2n) is 5.86. The number of carbonyl (C=O) groups excluding carboxylic acids is 1. The molecular weight excluding hydrogens is 364 g/mol. The molecule has 1 atom stereocenters. The molecule has 1 aromatic carbocycles. The van der Waals surface area contributed by atoms with E-state index in [1.807, 2.05) is 5.01 Å². The molecule has 0 spiro atoms. The molecule has 2 aliphatic heterocycles. The molecule has 3 rings (SSSR count). The predicted octanol–water partition coefficient (Wildman–Crippen LogP) is 0.985. The van der Waals surface area contributed by atoms with E-state index < -0.39 is 21.4 Å². The second kappa shape index (κ2) is 7.71. The predicted molar refractivity (Wildman–Crippen MR) is 91.5 cm³/mol. The van der Waals surface area contributed by atoms with Crippen LogP contribution in [-0.2, 0) is 14.8 Å². The summed E-state index contributed by atoms with van der Waals surface area (Å²) in [5, 5.41) is 20.1. The summed E-state index contributed by atoms with van der Waals surface area (Å²) in [5.74, 6) is -0.960. The van der Waals surface area contributed by atoms with Gasteiger partial charge in [-0.1, -0.05) is 5.22 Å². The summed E-state index contributed by atoms with van der Waals surface area (Å²) in [7, 11) is -3.88. The van der Waals surface area contributed by atoms with E-state index >= 15 is 0 Å². The number of thioether (sulfide) groups is 1. The number of piperidine rings is 1. The Morgan fingerprint density at radius 3 is 2.44 bits per heavy atom. The molecule has 0 saturated carbocycles. The number of sulfonamides is 1. The van der Waals surface area contributed by atoms with E-state index in [0.29, 0.717) is 11.4 Å². The van der Waals surface area contributed by atoms with Crippen LogP contribution >= 0.6 is 11.8 Å². The Hall–Kier alpha value is -1.65. The zero-order valence-corrected chi connectivity index (χ0v) is 15.2. The maximum atomic E-state index is 12.6. The maximum absolute atomic E-state index is 12.6. The zero-order valence-electron chi connectivity index (χ0n) is 13.6. The van der Waals surface area contributed by atoms with Gasteiger partial charge < -0.3 is 9.90 Å². The van der Waals surface area contributed by atoms with Gasteiger partial charge in [-0.25, -0.2) is 8.42 Å². The van der Waals surface area contributed by atoms with Crippen molar-refractivity contribution in [2.75, 3.05) is 25.4 Å². The summed E-state index contributed by atoms with van der Waals surface area (Å²) < 4.78 is 26.2. The van der Waals surface area contributed by atoms with Crippen LogP contribution in [0.2, 0.25) is 0 Å². The van der Waals surface area contributed by atoms with Crippen molar-refractivity contribution in [2.45, 2.75) is 29.5 Å². The Morgan fingerprint density at radius 1 is 1.12 bits per heavy atom. The Balaban J connectivity index is 1.72. The molecule has 2 fully saturated rings. The van der Waals surface area contributed by atoms with Crippen molar-refractivity contribution < 1.29 is 18.3 Å². The average Bonchev–Trinajstić information content (AvgIpc) is 3.12. The number of benzene rings is 1. The van der Waals surface area contributed by atoms with Gasteiger partial charge in [0.25, 0.3) is 0 Å². The van der Waals surface area contributed by atoms with Crippen LogP contribution in [0.5, 0.6) is 0 Å². The third-order valence-corrected chi connectivity index (χ3v) is 7.31. The fraction of sp³-hybridized carbons (Fsp3) is 0.533. The highest BCUT2D eigenvalue weighted by Gasteiger charge is 2.36. The van der Waals surface area contributed by atoms with Gasteiger partial charge in [0.15, 0.2) is 0 Å². The standard InChI is InChI=1S/C15H20N4O4S2/c20-15(21)14-19(10-11-24-14)25(22,23)13-6-4-12(5-7-13)16-17-18-8-2-1-3-9-18/h4-7,14H,1-3,8-11H2,(H,20,21)/p-1/t14-/m1/s1. The molecule has 1 aromatic rings. The highest BCUT2D eigenvalue weighted by Crippen LogP contribution is 2.30. The quantitative estimate of drug-likeness (QED) is 0.702. The second-order valence-corrected chi connectivity index (χ2v) is 8.93. The van der Waals surface area contributed by atoms with Crippen molar-refractivity contribution in [3.63, 3.8) is 0 Å². The Bertz CT molecular complexity index is 745. The normalized spacial score (nSPS) is 22.6. The van der Waals surface area contributed by atoms with Gasteiger partial charge in [-0.05, 0) is 43.5 Å². The molecule has 0 amide bonds. The average molecular weight is 383 g/mol. The van der Waals surface area contributed by atoms with Gasteiger partial charge in [-0.2, -0.15) is 4.31 Å². The minimum Gasteiger partial charge on any atom is -0.547 e. The molecule has 25 heavy (non-hydrogen) atoms. The zero-order chi connectivity index (χ0) is 17.9. The Kier molecular flexibility index (Phi) is 5.60. The van der Waals surface area contributed by atoms with Gasteiger partial charge in [0.1, 0.15) is 5.37 Å². The Morgan fingerprint density at radius 2 is 1.80 bits per heavy atom. The summed E-state index contributed by atoms with van der Waals surface area (Å²) in [6.07, 6.45) is 3.41. The largest absolute Gasteiger partial charge is 0.547 e. The number of carboxylic acid groups (broad SMARTS) is 1. The SMILES string of the molecule is O=C([O-])[C@H]1SCCN1S(=O)(=O)c1ccc(N=NN2CCCCC2)cc1. The molecular formula is C15H19N4O4S2-. The van der Waals surface area contributed by atoms with Crippen LogP contribution in [0.1, 0.15) is 19.3 Å². The van der Waals surface area contributed by atoms with Crippen molar-refractivity contribution in [1.29, 1.82) is 0 Å². The topological polar surface area (TPSA) is 105 Å². The third-order valence-electron chi connectivity index (χ3n) is 4.11. The first-order valence-electron chi connectivity index (χ1n) is 8.09. The van der Waals surface area contributed by atoms with Crippen LogP contribution in [0.25, 0.3) is 0 Å². The van der Waals surface area contributed by atoms with Crippen LogP contribution < -0.4 is 5.11 Å². The summed E-state index contributed by atoms with van der Waals surface area (Å²) in [6, 6.07) is 5.99. The first-order chi connectivity index (χ1) is 12.0. The molecule has 2 heterocycles. The lowest BCUT2D eigenvalue weighted by Gasteiger charge is -2.23. The molecule has 2 saturated heterocycles.